The third-order valence-corrected chi connectivity index (χ3v) is 4.40. The molecule has 3 rings (SSSR count). The Labute approximate surface area is 115 Å². The molecule has 2 fully saturated rings. The molecule has 1 aliphatic heterocycles. The van der Waals surface area contributed by atoms with Crippen molar-refractivity contribution in [2.75, 3.05) is 6.54 Å². The van der Waals surface area contributed by atoms with Crippen LogP contribution in [-0.2, 0) is 4.79 Å². The second-order valence-electron chi connectivity index (χ2n) is 5.52. The van der Waals surface area contributed by atoms with Gasteiger partial charge in [-0.1, -0.05) is 12.5 Å². The van der Waals surface area contributed by atoms with E-state index in [2.05, 4.69) is 4.98 Å². The first-order chi connectivity index (χ1) is 9.58. The number of hydrogen-bond acceptors (Lipinski definition) is 3. The fourth-order valence-electron chi connectivity index (χ4n) is 3.56. The number of rotatable bonds is 2. The molecule has 1 aromatic rings. The van der Waals surface area contributed by atoms with E-state index in [4.69, 9.17) is 0 Å². The number of H-pyrrole nitrogens is 1. The summed E-state index contributed by atoms with van der Waals surface area (Å²) < 4.78 is 0. The monoisotopic (exact) mass is 276 g/mol. The van der Waals surface area contributed by atoms with Gasteiger partial charge in [0.25, 0.3) is 5.91 Å². The summed E-state index contributed by atoms with van der Waals surface area (Å²) in [6, 6.07) is 3.57. The van der Waals surface area contributed by atoms with E-state index in [-0.39, 0.29) is 23.1 Å². The van der Waals surface area contributed by atoms with Gasteiger partial charge >= 0.3 is 5.97 Å². The van der Waals surface area contributed by atoms with Gasteiger partial charge in [-0.15, -0.1) is 0 Å². The number of hydrogen-bond donors (Lipinski definition) is 2. The van der Waals surface area contributed by atoms with Crippen LogP contribution in [0.15, 0.2) is 23.0 Å². The van der Waals surface area contributed by atoms with Crippen LogP contribution in [0.2, 0.25) is 0 Å². The van der Waals surface area contributed by atoms with E-state index in [1.807, 2.05) is 0 Å². The fraction of sp³-hybridized carbons (Fsp3) is 0.500. The van der Waals surface area contributed by atoms with Gasteiger partial charge in [0, 0.05) is 12.6 Å². The van der Waals surface area contributed by atoms with E-state index in [1.165, 1.54) is 23.1 Å². The Kier molecular flexibility index (Phi) is 3.08. The molecule has 2 aliphatic rings. The first-order valence-corrected chi connectivity index (χ1v) is 6.81. The van der Waals surface area contributed by atoms with Crippen LogP contribution in [0.4, 0.5) is 0 Å². The number of carbonyl (C=O) groups is 2. The molecule has 1 aromatic heterocycles. The average Bonchev–Trinajstić information content (AvgIpc) is 2.96. The van der Waals surface area contributed by atoms with Gasteiger partial charge in [0.05, 0.1) is 0 Å². The summed E-state index contributed by atoms with van der Waals surface area (Å²) in [6.45, 7) is 0.470. The molecule has 0 radical (unpaired) electrons. The van der Waals surface area contributed by atoms with Crippen LogP contribution in [0, 0.1) is 11.8 Å². The van der Waals surface area contributed by atoms with Gasteiger partial charge in [-0.25, -0.2) is 4.79 Å². The number of carboxylic acid groups (broad SMARTS) is 1. The molecule has 2 N–H and O–H groups in total. The Morgan fingerprint density at radius 3 is 2.80 bits per heavy atom. The minimum atomic E-state index is -0.953. The second kappa shape index (κ2) is 4.77. The minimum Gasteiger partial charge on any atom is -0.480 e. The number of pyridine rings is 1. The first-order valence-electron chi connectivity index (χ1n) is 6.81. The van der Waals surface area contributed by atoms with Gasteiger partial charge in [-0.2, -0.15) is 0 Å². The maximum atomic E-state index is 12.4. The highest BCUT2D eigenvalue weighted by Gasteiger charge is 2.49. The smallest absolute Gasteiger partial charge is 0.326 e. The minimum absolute atomic E-state index is 0.0480. The number of aliphatic carboxylic acids is 1. The van der Waals surface area contributed by atoms with Crippen LogP contribution in [0.3, 0.4) is 0 Å². The maximum absolute atomic E-state index is 12.4. The Bertz CT molecular complexity index is 609. The lowest BCUT2D eigenvalue weighted by atomic mass is 9.94. The Morgan fingerprint density at radius 2 is 2.10 bits per heavy atom. The highest BCUT2D eigenvalue weighted by molar-refractivity contribution is 5.95. The molecule has 0 bridgehead atoms. The molecule has 20 heavy (non-hydrogen) atoms. The molecule has 106 valence electrons. The van der Waals surface area contributed by atoms with Crippen molar-refractivity contribution in [3.05, 3.63) is 34.2 Å². The summed E-state index contributed by atoms with van der Waals surface area (Å²) >= 11 is 0. The normalized spacial score (nSPS) is 28.4. The van der Waals surface area contributed by atoms with Crippen LogP contribution in [0.25, 0.3) is 0 Å². The van der Waals surface area contributed by atoms with E-state index in [1.54, 1.807) is 0 Å². The molecule has 1 amide bonds. The lowest BCUT2D eigenvalue weighted by Gasteiger charge is -2.24. The van der Waals surface area contributed by atoms with Gasteiger partial charge < -0.3 is 15.0 Å². The van der Waals surface area contributed by atoms with Crippen molar-refractivity contribution in [2.45, 2.75) is 25.3 Å². The predicted octanol–water partition coefficient (Wildman–Crippen LogP) is 0.700. The first kappa shape index (κ1) is 12.9. The third kappa shape index (κ3) is 2.01. The van der Waals surface area contributed by atoms with Gasteiger partial charge in [0.2, 0.25) is 5.56 Å². The van der Waals surface area contributed by atoms with Gasteiger partial charge in [0.15, 0.2) is 0 Å². The molecule has 3 atom stereocenters. The Morgan fingerprint density at radius 1 is 1.30 bits per heavy atom. The number of nitrogens with zero attached hydrogens (tertiary/aromatic N) is 1. The summed E-state index contributed by atoms with van der Waals surface area (Å²) in [4.78, 5) is 39.1. The van der Waals surface area contributed by atoms with E-state index in [9.17, 15) is 19.5 Å². The number of amides is 1. The molecule has 1 saturated heterocycles. The lowest BCUT2D eigenvalue weighted by molar-refractivity contribution is -0.142. The van der Waals surface area contributed by atoms with E-state index < -0.39 is 17.9 Å². The zero-order chi connectivity index (χ0) is 14.3. The summed E-state index contributed by atoms with van der Waals surface area (Å²) in [5, 5.41) is 9.42. The van der Waals surface area contributed by atoms with Crippen molar-refractivity contribution in [3.63, 3.8) is 0 Å². The summed E-state index contributed by atoms with van der Waals surface area (Å²) in [5.74, 6) is -1.03. The van der Waals surface area contributed by atoms with E-state index in [0.717, 1.165) is 19.3 Å². The highest BCUT2D eigenvalue weighted by atomic mass is 16.4. The summed E-state index contributed by atoms with van der Waals surface area (Å²) in [6.07, 6.45) is 2.86. The lowest BCUT2D eigenvalue weighted by Crippen LogP contribution is -2.43. The zero-order valence-electron chi connectivity index (χ0n) is 10.9. The quantitative estimate of drug-likeness (QED) is 0.832. The molecular formula is C14H16N2O4. The van der Waals surface area contributed by atoms with Gasteiger partial charge in [-0.05, 0) is 30.7 Å². The standard InChI is InChI=1S/C14H16N2O4/c17-11-6-2-5-10(15-11)13(18)16-7-8-3-1-4-9(8)12(16)14(19)20/h2,5-6,8-9,12H,1,3-4,7H2,(H,15,17)(H,19,20). The Balaban J connectivity index is 1.91. The number of nitrogens with one attached hydrogen (secondary N) is 1. The molecule has 6 heteroatoms. The SMILES string of the molecule is O=C(O)C1C2CCCC2CN1C(=O)c1cccc(=O)[nH]1. The largest absolute Gasteiger partial charge is 0.480 e. The molecule has 1 saturated carbocycles. The van der Waals surface area contributed by atoms with Crippen molar-refractivity contribution in [3.8, 4) is 0 Å². The van der Waals surface area contributed by atoms with Crippen molar-refractivity contribution >= 4 is 11.9 Å². The number of fused-ring (bicyclic) bond motifs is 1. The van der Waals surface area contributed by atoms with Crippen molar-refractivity contribution in [1.82, 2.24) is 9.88 Å². The molecular weight excluding hydrogens is 260 g/mol. The molecule has 3 unspecified atom stereocenters. The van der Waals surface area contributed by atoms with Gasteiger partial charge in [-0.3, -0.25) is 9.59 Å². The van der Waals surface area contributed by atoms with Crippen molar-refractivity contribution in [2.24, 2.45) is 11.8 Å². The summed E-state index contributed by atoms with van der Waals surface area (Å²) in [5.41, 5.74) is -0.203. The molecule has 6 nitrogen and oxygen atoms in total. The summed E-state index contributed by atoms with van der Waals surface area (Å²) in [7, 11) is 0. The number of aromatic amines is 1. The predicted molar refractivity (Wildman–Crippen MR) is 70.4 cm³/mol. The molecule has 2 heterocycles. The molecule has 0 spiro atoms. The number of carboxylic acids is 1. The second-order valence-corrected chi connectivity index (χ2v) is 5.52. The van der Waals surface area contributed by atoms with Crippen molar-refractivity contribution < 1.29 is 14.7 Å². The van der Waals surface area contributed by atoms with Crippen molar-refractivity contribution in [1.29, 1.82) is 0 Å². The molecule has 0 aromatic carbocycles. The van der Waals surface area contributed by atoms with Crippen LogP contribution < -0.4 is 5.56 Å². The topological polar surface area (TPSA) is 90.5 Å². The maximum Gasteiger partial charge on any atom is 0.326 e. The zero-order valence-corrected chi connectivity index (χ0v) is 10.9. The highest BCUT2D eigenvalue weighted by Crippen LogP contribution is 2.42. The van der Waals surface area contributed by atoms with Crippen LogP contribution in [0.5, 0.6) is 0 Å². The number of likely N-dealkylation sites (tertiary alicyclic amines) is 1. The Hall–Kier alpha value is -2.11. The average molecular weight is 276 g/mol. The third-order valence-electron chi connectivity index (χ3n) is 4.40. The van der Waals surface area contributed by atoms with E-state index in [0.29, 0.717) is 6.54 Å². The number of aromatic nitrogens is 1. The fourth-order valence-corrected chi connectivity index (χ4v) is 3.56. The number of carbonyl (C=O) groups excluding carboxylic acids is 1. The molecule has 1 aliphatic carbocycles. The van der Waals surface area contributed by atoms with E-state index >= 15 is 0 Å². The van der Waals surface area contributed by atoms with Crippen LogP contribution in [-0.4, -0.2) is 39.5 Å². The van der Waals surface area contributed by atoms with Crippen LogP contribution >= 0.6 is 0 Å². The van der Waals surface area contributed by atoms with Gasteiger partial charge in [0.1, 0.15) is 11.7 Å². The van der Waals surface area contributed by atoms with Crippen LogP contribution in [0.1, 0.15) is 29.8 Å².